The summed E-state index contributed by atoms with van der Waals surface area (Å²) in [6, 6.07) is 10.0. The van der Waals surface area contributed by atoms with E-state index in [1.807, 2.05) is 10.6 Å². The first-order valence-corrected chi connectivity index (χ1v) is 6.58. The number of imidazole rings is 1. The largest absolute Gasteiger partial charge is 0.481 e. The summed E-state index contributed by atoms with van der Waals surface area (Å²) in [6.07, 6.45) is 0.717. The highest BCUT2D eigenvalue weighted by molar-refractivity contribution is 5.74. The molecule has 6 heteroatoms. The highest BCUT2D eigenvalue weighted by atomic mass is 19.1. The Morgan fingerprint density at radius 3 is 2.62 bits per heavy atom. The van der Waals surface area contributed by atoms with Crippen molar-refractivity contribution in [1.82, 2.24) is 14.5 Å². The molecule has 5 nitrogen and oxygen atoms in total. The molecule has 21 heavy (non-hydrogen) atoms. The minimum atomic E-state index is -0.238. The molecule has 0 saturated carbocycles. The summed E-state index contributed by atoms with van der Waals surface area (Å²) in [6.45, 7) is 0.619. The van der Waals surface area contributed by atoms with E-state index >= 15 is 0 Å². The number of hydrogen-bond acceptors (Lipinski definition) is 4. The van der Waals surface area contributed by atoms with Crippen molar-refractivity contribution < 1.29 is 9.13 Å². The molecule has 0 aliphatic rings. The minimum absolute atomic E-state index is 0.238. The van der Waals surface area contributed by atoms with Gasteiger partial charge in [0.1, 0.15) is 11.3 Å². The molecule has 0 atom stereocenters. The summed E-state index contributed by atoms with van der Waals surface area (Å²) in [5.41, 5.74) is 8.39. The molecule has 0 aliphatic heterocycles. The maximum Gasteiger partial charge on any atom is 0.215 e. The van der Waals surface area contributed by atoms with E-state index in [1.165, 1.54) is 12.1 Å². The number of nitrogen functional groups attached to an aromatic ring is 1. The Hall–Kier alpha value is -2.63. The summed E-state index contributed by atoms with van der Waals surface area (Å²) >= 11 is 0. The molecule has 108 valence electrons. The smallest absolute Gasteiger partial charge is 0.215 e. The molecule has 0 spiro atoms. The van der Waals surface area contributed by atoms with Crippen LogP contribution < -0.4 is 10.5 Å². The van der Waals surface area contributed by atoms with Gasteiger partial charge >= 0.3 is 0 Å². The molecule has 0 unspecified atom stereocenters. The minimum Gasteiger partial charge on any atom is -0.481 e. The molecule has 3 aromatic rings. The topological polar surface area (TPSA) is 66.0 Å². The van der Waals surface area contributed by atoms with Gasteiger partial charge < -0.3 is 10.5 Å². The van der Waals surface area contributed by atoms with Crippen LogP contribution in [0.4, 0.5) is 10.3 Å². The summed E-state index contributed by atoms with van der Waals surface area (Å²) in [5, 5.41) is 0. The van der Waals surface area contributed by atoms with Crippen LogP contribution in [-0.2, 0) is 13.0 Å². The molecular weight excluding hydrogens is 271 g/mol. The predicted octanol–water partition coefficient (Wildman–Crippen LogP) is 2.40. The van der Waals surface area contributed by atoms with Crippen LogP contribution in [0.1, 0.15) is 5.56 Å². The molecule has 1 aromatic carbocycles. The van der Waals surface area contributed by atoms with E-state index in [0.717, 1.165) is 17.5 Å². The third-order valence-electron chi connectivity index (χ3n) is 3.34. The zero-order valence-corrected chi connectivity index (χ0v) is 11.6. The van der Waals surface area contributed by atoms with E-state index in [4.69, 9.17) is 10.5 Å². The quantitative estimate of drug-likeness (QED) is 0.800. The van der Waals surface area contributed by atoms with Crippen molar-refractivity contribution in [2.75, 3.05) is 12.8 Å². The standard InChI is InChI=1S/C15H15FN4O/c1-21-13-7-6-12-14(19-13)20(15(17)18-12)9-8-10-2-4-11(16)5-3-10/h2-7H,8-9H2,1H3,(H2,17,18). The van der Waals surface area contributed by atoms with Crippen LogP contribution in [0.5, 0.6) is 5.88 Å². The van der Waals surface area contributed by atoms with Crippen molar-refractivity contribution in [3.05, 3.63) is 47.8 Å². The lowest BCUT2D eigenvalue weighted by atomic mass is 10.1. The SMILES string of the molecule is COc1ccc2nc(N)n(CCc3ccc(F)cc3)c2n1. The number of pyridine rings is 1. The summed E-state index contributed by atoms with van der Waals surface area (Å²) < 4.78 is 19.9. The number of rotatable bonds is 4. The molecule has 2 aromatic heterocycles. The van der Waals surface area contributed by atoms with Gasteiger partial charge in [0.25, 0.3) is 0 Å². The second-order valence-corrected chi connectivity index (χ2v) is 4.69. The zero-order chi connectivity index (χ0) is 14.8. The van der Waals surface area contributed by atoms with E-state index < -0.39 is 0 Å². The molecule has 2 heterocycles. The molecule has 0 saturated heterocycles. The molecule has 0 bridgehead atoms. The fraction of sp³-hybridized carbons (Fsp3) is 0.200. The van der Waals surface area contributed by atoms with E-state index in [9.17, 15) is 4.39 Å². The van der Waals surface area contributed by atoms with Crippen LogP contribution in [0, 0.1) is 5.82 Å². The van der Waals surface area contributed by atoms with Crippen molar-refractivity contribution >= 4 is 17.1 Å². The van der Waals surface area contributed by atoms with Crippen molar-refractivity contribution in [2.45, 2.75) is 13.0 Å². The van der Waals surface area contributed by atoms with Gasteiger partial charge in [0, 0.05) is 12.6 Å². The third kappa shape index (κ3) is 2.65. The van der Waals surface area contributed by atoms with Crippen molar-refractivity contribution in [3.8, 4) is 5.88 Å². The molecule has 3 rings (SSSR count). The predicted molar refractivity (Wildman–Crippen MR) is 78.6 cm³/mol. The molecule has 0 amide bonds. The lowest BCUT2D eigenvalue weighted by Crippen LogP contribution is -2.06. The lowest BCUT2D eigenvalue weighted by molar-refractivity contribution is 0.399. The van der Waals surface area contributed by atoms with Gasteiger partial charge in [0.2, 0.25) is 11.8 Å². The van der Waals surface area contributed by atoms with Crippen LogP contribution in [-0.4, -0.2) is 21.6 Å². The van der Waals surface area contributed by atoms with Gasteiger partial charge in [-0.1, -0.05) is 12.1 Å². The van der Waals surface area contributed by atoms with Gasteiger partial charge in [-0.15, -0.1) is 0 Å². The first kappa shape index (κ1) is 13.4. The summed E-state index contributed by atoms with van der Waals surface area (Å²) in [4.78, 5) is 8.66. The highest BCUT2D eigenvalue weighted by Gasteiger charge is 2.10. The highest BCUT2D eigenvalue weighted by Crippen LogP contribution is 2.20. The van der Waals surface area contributed by atoms with Crippen molar-refractivity contribution in [1.29, 1.82) is 0 Å². The van der Waals surface area contributed by atoms with Gasteiger partial charge in [-0.05, 0) is 30.2 Å². The van der Waals surface area contributed by atoms with Gasteiger partial charge in [0.05, 0.1) is 7.11 Å². The number of nitrogens with two attached hydrogens (primary N) is 1. The molecule has 0 fully saturated rings. The van der Waals surface area contributed by atoms with E-state index in [-0.39, 0.29) is 5.82 Å². The Kier molecular flexibility index (Phi) is 3.43. The van der Waals surface area contributed by atoms with Crippen LogP contribution in [0.15, 0.2) is 36.4 Å². The van der Waals surface area contributed by atoms with E-state index in [1.54, 1.807) is 25.3 Å². The van der Waals surface area contributed by atoms with E-state index in [0.29, 0.717) is 24.0 Å². The number of anilines is 1. The third-order valence-corrected chi connectivity index (χ3v) is 3.34. The fourth-order valence-corrected chi connectivity index (χ4v) is 2.23. The Morgan fingerprint density at radius 2 is 1.90 bits per heavy atom. The van der Waals surface area contributed by atoms with E-state index in [2.05, 4.69) is 9.97 Å². The number of ether oxygens (including phenoxy) is 1. The number of nitrogens with zero attached hydrogens (tertiary/aromatic N) is 3. The van der Waals surface area contributed by atoms with Gasteiger partial charge in [-0.25, -0.2) is 9.37 Å². The van der Waals surface area contributed by atoms with Gasteiger partial charge in [-0.3, -0.25) is 4.57 Å². The van der Waals surface area contributed by atoms with Crippen molar-refractivity contribution in [2.24, 2.45) is 0 Å². The Morgan fingerprint density at radius 1 is 1.14 bits per heavy atom. The van der Waals surface area contributed by atoms with Crippen LogP contribution in [0.2, 0.25) is 0 Å². The zero-order valence-electron chi connectivity index (χ0n) is 11.6. The Bertz CT molecular complexity index is 767. The number of benzene rings is 1. The molecule has 0 aliphatic carbocycles. The van der Waals surface area contributed by atoms with Crippen LogP contribution >= 0.6 is 0 Å². The monoisotopic (exact) mass is 286 g/mol. The number of hydrogen-bond donors (Lipinski definition) is 1. The van der Waals surface area contributed by atoms with Crippen LogP contribution in [0.3, 0.4) is 0 Å². The average molecular weight is 286 g/mol. The first-order chi connectivity index (χ1) is 10.2. The average Bonchev–Trinajstić information content (AvgIpc) is 2.81. The Labute approximate surface area is 121 Å². The number of aromatic nitrogens is 3. The second-order valence-electron chi connectivity index (χ2n) is 4.69. The van der Waals surface area contributed by atoms with Crippen LogP contribution in [0.25, 0.3) is 11.2 Å². The lowest BCUT2D eigenvalue weighted by Gasteiger charge is -2.06. The summed E-state index contributed by atoms with van der Waals surface area (Å²) in [5.74, 6) is 0.691. The second kappa shape index (κ2) is 5.40. The van der Waals surface area contributed by atoms with Gasteiger partial charge in [-0.2, -0.15) is 4.98 Å². The normalized spacial score (nSPS) is 11.0. The number of halogens is 1. The van der Waals surface area contributed by atoms with Gasteiger partial charge in [0.15, 0.2) is 5.65 Å². The molecule has 2 N–H and O–H groups in total. The summed E-state index contributed by atoms with van der Waals surface area (Å²) in [7, 11) is 1.57. The number of fused-ring (bicyclic) bond motifs is 1. The fourth-order valence-electron chi connectivity index (χ4n) is 2.23. The Balaban J connectivity index is 1.88. The maximum atomic E-state index is 12.9. The molecular formula is C15H15FN4O. The van der Waals surface area contributed by atoms with Crippen molar-refractivity contribution in [3.63, 3.8) is 0 Å². The molecule has 0 radical (unpaired) electrons. The number of aryl methyl sites for hydroxylation is 2. The maximum absolute atomic E-state index is 12.9. The number of methoxy groups -OCH3 is 1. The first-order valence-electron chi connectivity index (χ1n) is 6.58.